The van der Waals surface area contributed by atoms with Gasteiger partial charge < -0.3 is 0 Å². The molecular weight excluding hydrogens is 191 g/mol. The van der Waals surface area contributed by atoms with Gasteiger partial charge in [0.15, 0.2) is 0 Å². The van der Waals surface area contributed by atoms with Crippen molar-refractivity contribution in [1.29, 1.82) is 0 Å². The van der Waals surface area contributed by atoms with Crippen LogP contribution in [0, 0.1) is 12.7 Å². The number of rotatable bonds is 0. The summed E-state index contributed by atoms with van der Waals surface area (Å²) >= 11 is 5.58. The predicted molar refractivity (Wildman–Crippen MR) is 49.2 cm³/mol. The minimum absolute atomic E-state index is 0.0747. The minimum atomic E-state index is -0.464. The topological polar surface area (TPSA) is 25.8 Å². The van der Waals surface area contributed by atoms with Crippen LogP contribution in [0.4, 0.5) is 4.39 Å². The second-order valence-electron chi connectivity index (χ2n) is 2.77. The first-order valence-electron chi connectivity index (χ1n) is 3.75. The summed E-state index contributed by atoms with van der Waals surface area (Å²) in [7, 11) is 0. The van der Waals surface area contributed by atoms with Crippen molar-refractivity contribution in [2.45, 2.75) is 6.92 Å². The highest BCUT2D eigenvalue weighted by atomic mass is 35.5. The average Bonchev–Trinajstić information content (AvgIpc) is 2.08. The minimum Gasteiger partial charge on any atom is -0.253 e. The number of nitrogens with zero attached hydrogens (tertiary/aromatic N) is 2. The van der Waals surface area contributed by atoms with Crippen molar-refractivity contribution in [3.05, 3.63) is 34.9 Å². The van der Waals surface area contributed by atoms with Gasteiger partial charge in [0.05, 0.1) is 21.7 Å². The smallest absolute Gasteiger partial charge is 0.144 e. The van der Waals surface area contributed by atoms with Crippen LogP contribution in [0.2, 0.25) is 5.02 Å². The molecule has 13 heavy (non-hydrogen) atoms. The van der Waals surface area contributed by atoms with Crippen molar-refractivity contribution in [3.63, 3.8) is 0 Å². The molecular formula is C9H6ClFN2. The molecule has 0 aliphatic carbocycles. The highest BCUT2D eigenvalue weighted by Crippen LogP contribution is 2.19. The van der Waals surface area contributed by atoms with Crippen LogP contribution in [0.5, 0.6) is 0 Å². The molecule has 2 aromatic rings. The summed E-state index contributed by atoms with van der Waals surface area (Å²) in [6.45, 7) is 1.80. The first-order valence-corrected chi connectivity index (χ1v) is 4.13. The lowest BCUT2D eigenvalue weighted by Crippen LogP contribution is -1.88. The van der Waals surface area contributed by atoms with Gasteiger partial charge in [0.2, 0.25) is 0 Å². The summed E-state index contributed by atoms with van der Waals surface area (Å²) in [5.41, 5.74) is 1.90. The van der Waals surface area contributed by atoms with Gasteiger partial charge in [-0.3, -0.25) is 4.98 Å². The van der Waals surface area contributed by atoms with Crippen LogP contribution >= 0.6 is 11.6 Å². The number of aromatic nitrogens is 2. The Labute approximate surface area is 79.4 Å². The van der Waals surface area contributed by atoms with Gasteiger partial charge >= 0.3 is 0 Å². The standard InChI is InChI=1S/C9H6ClFN2/c1-5-4-12-8-2-6(10)7(11)3-9(8)13-5/h2-4H,1H3. The molecule has 0 N–H and O–H groups in total. The second-order valence-corrected chi connectivity index (χ2v) is 3.17. The van der Waals surface area contributed by atoms with Gasteiger partial charge in [-0.25, -0.2) is 9.37 Å². The van der Waals surface area contributed by atoms with Crippen LogP contribution in [0.15, 0.2) is 18.3 Å². The van der Waals surface area contributed by atoms with E-state index in [1.54, 1.807) is 13.1 Å². The van der Waals surface area contributed by atoms with E-state index in [0.717, 1.165) is 5.69 Å². The molecule has 2 rings (SSSR count). The number of aryl methyl sites for hydroxylation is 1. The van der Waals surface area contributed by atoms with E-state index < -0.39 is 5.82 Å². The summed E-state index contributed by atoms with van der Waals surface area (Å²) in [5, 5.41) is 0.0747. The van der Waals surface area contributed by atoms with Crippen LogP contribution in [0.3, 0.4) is 0 Å². The number of benzene rings is 1. The maximum Gasteiger partial charge on any atom is 0.144 e. The molecule has 0 aliphatic rings. The molecule has 0 fully saturated rings. The largest absolute Gasteiger partial charge is 0.253 e. The van der Waals surface area contributed by atoms with Crippen molar-refractivity contribution in [1.82, 2.24) is 9.97 Å². The Kier molecular flexibility index (Phi) is 1.88. The first kappa shape index (κ1) is 8.38. The third-order valence-corrected chi connectivity index (χ3v) is 1.99. The van der Waals surface area contributed by atoms with Gasteiger partial charge in [-0.1, -0.05) is 11.6 Å². The Hall–Kier alpha value is -1.22. The first-order chi connectivity index (χ1) is 6.16. The summed E-state index contributed by atoms with van der Waals surface area (Å²) in [5.74, 6) is -0.464. The molecule has 1 heterocycles. The van der Waals surface area contributed by atoms with Gasteiger partial charge in [-0.2, -0.15) is 0 Å². The van der Waals surface area contributed by atoms with Gasteiger partial charge in [0.25, 0.3) is 0 Å². The molecule has 4 heteroatoms. The molecule has 66 valence electrons. The Morgan fingerprint density at radius 1 is 1.31 bits per heavy atom. The summed E-state index contributed by atoms with van der Waals surface area (Å²) < 4.78 is 13.0. The zero-order valence-electron chi connectivity index (χ0n) is 6.88. The molecule has 0 bridgehead atoms. The van der Waals surface area contributed by atoms with E-state index in [4.69, 9.17) is 11.6 Å². The molecule has 1 aromatic heterocycles. The van der Waals surface area contributed by atoms with Crippen molar-refractivity contribution in [2.24, 2.45) is 0 Å². The van der Waals surface area contributed by atoms with Crippen LogP contribution in [0.25, 0.3) is 11.0 Å². The molecule has 2 nitrogen and oxygen atoms in total. The van der Waals surface area contributed by atoms with Crippen molar-refractivity contribution in [3.8, 4) is 0 Å². The quantitative estimate of drug-likeness (QED) is 0.648. The zero-order chi connectivity index (χ0) is 9.42. The zero-order valence-corrected chi connectivity index (χ0v) is 7.64. The van der Waals surface area contributed by atoms with Gasteiger partial charge in [0.1, 0.15) is 5.82 Å². The summed E-state index contributed by atoms with van der Waals surface area (Å²) in [4.78, 5) is 8.19. The van der Waals surface area contributed by atoms with E-state index in [-0.39, 0.29) is 5.02 Å². The monoisotopic (exact) mass is 196 g/mol. The van der Waals surface area contributed by atoms with Gasteiger partial charge in [-0.15, -0.1) is 0 Å². The second kappa shape index (κ2) is 2.92. The molecule has 0 amide bonds. The average molecular weight is 197 g/mol. The van der Waals surface area contributed by atoms with E-state index in [1.807, 2.05) is 0 Å². The van der Waals surface area contributed by atoms with E-state index >= 15 is 0 Å². The van der Waals surface area contributed by atoms with Crippen LogP contribution in [-0.4, -0.2) is 9.97 Å². The third-order valence-electron chi connectivity index (χ3n) is 1.70. The van der Waals surface area contributed by atoms with Crippen molar-refractivity contribution in [2.75, 3.05) is 0 Å². The molecule has 0 unspecified atom stereocenters. The molecule has 0 saturated heterocycles. The van der Waals surface area contributed by atoms with Crippen molar-refractivity contribution < 1.29 is 4.39 Å². The maximum absolute atomic E-state index is 13.0. The molecule has 0 aliphatic heterocycles. The fourth-order valence-corrected chi connectivity index (χ4v) is 1.26. The summed E-state index contributed by atoms with van der Waals surface area (Å²) in [6.07, 6.45) is 1.62. The summed E-state index contributed by atoms with van der Waals surface area (Å²) in [6, 6.07) is 2.76. The molecule has 0 radical (unpaired) electrons. The van der Waals surface area contributed by atoms with Gasteiger partial charge in [0, 0.05) is 12.3 Å². The van der Waals surface area contributed by atoms with Crippen molar-refractivity contribution >= 4 is 22.6 Å². The maximum atomic E-state index is 13.0. The van der Waals surface area contributed by atoms with E-state index in [1.165, 1.54) is 12.1 Å². The highest BCUT2D eigenvalue weighted by molar-refractivity contribution is 6.31. The predicted octanol–water partition coefficient (Wildman–Crippen LogP) is 2.73. The molecule has 0 spiro atoms. The lowest BCUT2D eigenvalue weighted by Gasteiger charge is -1.99. The molecule has 1 aromatic carbocycles. The molecule has 0 atom stereocenters. The lowest BCUT2D eigenvalue weighted by atomic mass is 10.3. The van der Waals surface area contributed by atoms with E-state index in [9.17, 15) is 4.39 Å². The van der Waals surface area contributed by atoms with E-state index in [0.29, 0.717) is 11.0 Å². The van der Waals surface area contributed by atoms with Crippen LogP contribution in [-0.2, 0) is 0 Å². The lowest BCUT2D eigenvalue weighted by molar-refractivity contribution is 0.629. The fraction of sp³-hybridized carbons (Fsp3) is 0.111. The Balaban J connectivity index is 2.81. The van der Waals surface area contributed by atoms with Gasteiger partial charge in [-0.05, 0) is 13.0 Å². The normalized spacial score (nSPS) is 10.7. The number of hydrogen-bond donors (Lipinski definition) is 0. The third kappa shape index (κ3) is 1.47. The van der Waals surface area contributed by atoms with E-state index in [2.05, 4.69) is 9.97 Å². The Morgan fingerprint density at radius 3 is 2.85 bits per heavy atom. The molecule has 0 saturated carbocycles. The SMILES string of the molecule is Cc1cnc2cc(Cl)c(F)cc2n1. The number of hydrogen-bond acceptors (Lipinski definition) is 2. The number of fused-ring (bicyclic) bond motifs is 1. The Bertz CT molecular complexity index is 470. The Morgan fingerprint density at radius 2 is 2.08 bits per heavy atom. The fourth-order valence-electron chi connectivity index (χ4n) is 1.10. The highest BCUT2D eigenvalue weighted by Gasteiger charge is 2.03. The van der Waals surface area contributed by atoms with Crippen LogP contribution < -0.4 is 0 Å². The van der Waals surface area contributed by atoms with Crippen LogP contribution in [0.1, 0.15) is 5.69 Å². The number of halogens is 2.